The fraction of sp³-hybridized carbons (Fsp3) is 0.565. The highest BCUT2D eigenvalue weighted by atomic mass is 16.6. The molecule has 1 N–H and O–H groups in total. The summed E-state index contributed by atoms with van der Waals surface area (Å²) >= 11 is 0. The van der Waals surface area contributed by atoms with E-state index in [2.05, 4.69) is 10.2 Å². The summed E-state index contributed by atoms with van der Waals surface area (Å²) < 4.78 is 16.5. The molecule has 0 radical (unpaired) electrons. The van der Waals surface area contributed by atoms with E-state index in [1.165, 1.54) is 13.8 Å². The van der Waals surface area contributed by atoms with Crippen LogP contribution in [0.1, 0.15) is 38.7 Å². The topological polar surface area (TPSA) is 111 Å². The van der Waals surface area contributed by atoms with Crippen LogP contribution in [0.5, 0.6) is 0 Å². The Balaban J connectivity index is 1.65. The highest BCUT2D eigenvalue weighted by Gasteiger charge is 2.73. The number of cyclic esters (lactones) is 1. The van der Waals surface area contributed by atoms with Crippen molar-refractivity contribution in [2.24, 2.45) is 11.8 Å². The minimum Gasteiger partial charge on any atom is -0.462 e. The number of rotatable bonds is 3. The van der Waals surface area contributed by atoms with Crippen LogP contribution in [0.4, 0.5) is 5.69 Å². The number of fused-ring (bicyclic) bond motifs is 7. The van der Waals surface area contributed by atoms with Gasteiger partial charge in [-0.25, -0.2) is 0 Å². The van der Waals surface area contributed by atoms with Crippen molar-refractivity contribution in [3.63, 3.8) is 0 Å². The molecule has 32 heavy (non-hydrogen) atoms. The third-order valence-corrected chi connectivity index (χ3v) is 7.23. The molecule has 4 aliphatic rings. The molecule has 0 bridgehead atoms. The fourth-order valence-electron chi connectivity index (χ4n) is 6.28. The zero-order valence-electron chi connectivity index (χ0n) is 18.0. The van der Waals surface area contributed by atoms with Crippen LogP contribution in [-0.2, 0) is 38.9 Å². The van der Waals surface area contributed by atoms with E-state index in [9.17, 15) is 19.2 Å². The molecule has 0 aromatic heterocycles. The molecule has 3 fully saturated rings. The molecule has 4 aliphatic heterocycles. The summed E-state index contributed by atoms with van der Waals surface area (Å²) in [5, 5.41) is 2.96. The van der Waals surface area contributed by atoms with Crippen molar-refractivity contribution < 1.29 is 33.4 Å². The second-order valence-corrected chi connectivity index (χ2v) is 8.93. The number of carbonyl (C=O) groups is 4. The van der Waals surface area contributed by atoms with Crippen LogP contribution in [0, 0.1) is 11.8 Å². The lowest BCUT2D eigenvalue weighted by Gasteiger charge is -2.41. The summed E-state index contributed by atoms with van der Waals surface area (Å²) in [5.41, 5.74) is 0.219. The standard InChI is InChI=1S/C23H26N2O7/c1-12(26)30-11-17-20(31-13(2)27)18-16-9-5-6-10-25(16)23(19(18)21(28)32-17)14-7-3-4-8-15(14)24-22(23)29/h3-4,7-8,16-20H,5-6,9-11H2,1-2H3,(H,24,29)/t16-,17+,18-,19+,20+,23+/m0/s1. The van der Waals surface area contributed by atoms with Gasteiger partial charge in [0.1, 0.15) is 18.2 Å². The van der Waals surface area contributed by atoms with Crippen LogP contribution < -0.4 is 5.32 Å². The molecule has 0 saturated carbocycles. The average Bonchev–Trinajstić information content (AvgIpc) is 3.23. The SMILES string of the molecule is CC(=O)OC[C@H]1OC(=O)[C@H]2[C@@H]([C@@H]1OC(C)=O)[C@@H]1CCCCN1[C@@]21C(=O)Nc2ccccc21. The molecule has 9 nitrogen and oxygen atoms in total. The molecule has 1 spiro atoms. The van der Waals surface area contributed by atoms with Crippen molar-refractivity contribution >= 4 is 29.5 Å². The van der Waals surface area contributed by atoms with Gasteiger partial charge in [-0.05, 0) is 25.5 Å². The molecule has 9 heteroatoms. The van der Waals surface area contributed by atoms with Crippen LogP contribution in [0.2, 0.25) is 0 Å². The first-order chi connectivity index (χ1) is 15.4. The number of anilines is 1. The second-order valence-electron chi connectivity index (χ2n) is 8.93. The van der Waals surface area contributed by atoms with Crippen molar-refractivity contribution in [3.8, 4) is 0 Å². The number of esters is 3. The van der Waals surface area contributed by atoms with Gasteiger partial charge < -0.3 is 19.5 Å². The van der Waals surface area contributed by atoms with Gasteiger partial charge in [-0.15, -0.1) is 0 Å². The Labute approximate surface area is 185 Å². The maximum atomic E-state index is 13.6. The van der Waals surface area contributed by atoms with Crippen LogP contribution in [0.15, 0.2) is 24.3 Å². The molecule has 1 aromatic carbocycles. The number of piperidine rings is 1. The third-order valence-electron chi connectivity index (χ3n) is 7.23. The van der Waals surface area contributed by atoms with E-state index in [1.54, 1.807) is 0 Å². The van der Waals surface area contributed by atoms with Gasteiger partial charge in [0, 0.05) is 37.1 Å². The van der Waals surface area contributed by atoms with Crippen molar-refractivity contribution in [1.82, 2.24) is 4.90 Å². The molecule has 4 heterocycles. The number of ether oxygens (including phenoxy) is 3. The largest absolute Gasteiger partial charge is 0.462 e. The van der Waals surface area contributed by atoms with Gasteiger partial charge in [0.2, 0.25) is 0 Å². The smallest absolute Gasteiger partial charge is 0.312 e. The predicted octanol–water partition coefficient (Wildman–Crippen LogP) is 1.35. The normalized spacial score (nSPS) is 35.4. The Morgan fingerprint density at radius 3 is 2.72 bits per heavy atom. The molecule has 170 valence electrons. The summed E-state index contributed by atoms with van der Waals surface area (Å²) in [7, 11) is 0. The fourth-order valence-corrected chi connectivity index (χ4v) is 6.28. The predicted molar refractivity (Wildman–Crippen MR) is 110 cm³/mol. The molecule has 0 aliphatic carbocycles. The summed E-state index contributed by atoms with van der Waals surface area (Å²) in [6.07, 6.45) is 0.872. The Morgan fingerprint density at radius 2 is 1.97 bits per heavy atom. The van der Waals surface area contributed by atoms with Gasteiger partial charge >= 0.3 is 17.9 Å². The summed E-state index contributed by atoms with van der Waals surface area (Å²) in [6, 6.07) is 7.25. The van der Waals surface area contributed by atoms with Crippen molar-refractivity contribution in [3.05, 3.63) is 29.8 Å². The zero-order chi connectivity index (χ0) is 22.6. The summed E-state index contributed by atoms with van der Waals surface area (Å²) in [5.74, 6) is -3.12. The lowest BCUT2D eigenvalue weighted by atomic mass is 9.70. The number of hydrogen-bond acceptors (Lipinski definition) is 8. The van der Waals surface area contributed by atoms with Gasteiger partial charge in [0.15, 0.2) is 6.10 Å². The monoisotopic (exact) mass is 442 g/mol. The highest BCUT2D eigenvalue weighted by molar-refractivity contribution is 6.09. The van der Waals surface area contributed by atoms with E-state index in [1.807, 2.05) is 24.3 Å². The number of para-hydroxylation sites is 1. The number of benzene rings is 1. The Morgan fingerprint density at radius 1 is 1.19 bits per heavy atom. The number of amides is 1. The first kappa shape index (κ1) is 20.9. The Hall–Kier alpha value is -2.94. The Bertz CT molecular complexity index is 994. The molecule has 0 unspecified atom stereocenters. The number of carbonyl (C=O) groups excluding carboxylic acids is 4. The van der Waals surface area contributed by atoms with Crippen molar-refractivity contribution in [1.29, 1.82) is 0 Å². The molecule has 1 amide bonds. The lowest BCUT2D eigenvalue weighted by Crippen LogP contribution is -2.58. The van der Waals surface area contributed by atoms with E-state index >= 15 is 0 Å². The number of nitrogens with one attached hydrogen (secondary N) is 1. The quantitative estimate of drug-likeness (QED) is 0.552. The van der Waals surface area contributed by atoms with E-state index < -0.39 is 47.5 Å². The minimum atomic E-state index is -1.21. The van der Waals surface area contributed by atoms with Crippen LogP contribution >= 0.6 is 0 Å². The van der Waals surface area contributed by atoms with Crippen LogP contribution in [0.25, 0.3) is 0 Å². The first-order valence-corrected chi connectivity index (χ1v) is 11.0. The number of nitrogens with zero attached hydrogens (tertiary/aromatic N) is 1. The van der Waals surface area contributed by atoms with Crippen molar-refractivity contribution in [2.45, 2.75) is 56.9 Å². The highest BCUT2D eigenvalue weighted by Crippen LogP contribution is 2.59. The maximum Gasteiger partial charge on any atom is 0.312 e. The van der Waals surface area contributed by atoms with Gasteiger partial charge in [-0.3, -0.25) is 24.1 Å². The average molecular weight is 442 g/mol. The van der Waals surface area contributed by atoms with Gasteiger partial charge in [-0.1, -0.05) is 24.6 Å². The van der Waals surface area contributed by atoms with Gasteiger partial charge in [0.25, 0.3) is 5.91 Å². The van der Waals surface area contributed by atoms with Crippen LogP contribution in [-0.4, -0.2) is 60.1 Å². The van der Waals surface area contributed by atoms with E-state index in [0.29, 0.717) is 12.2 Å². The third kappa shape index (κ3) is 2.87. The molecular formula is C23H26N2O7. The lowest BCUT2D eigenvalue weighted by molar-refractivity contribution is -0.201. The molecule has 6 atom stereocenters. The zero-order valence-corrected chi connectivity index (χ0v) is 18.0. The molecule has 3 saturated heterocycles. The van der Waals surface area contributed by atoms with Crippen molar-refractivity contribution in [2.75, 3.05) is 18.5 Å². The molecular weight excluding hydrogens is 416 g/mol. The summed E-state index contributed by atoms with van der Waals surface area (Å²) in [4.78, 5) is 52.7. The minimum absolute atomic E-state index is 0.150. The second kappa shape index (κ2) is 7.58. The van der Waals surface area contributed by atoms with E-state index in [4.69, 9.17) is 14.2 Å². The number of hydrogen-bond donors (Lipinski definition) is 1. The molecule has 5 rings (SSSR count). The maximum absolute atomic E-state index is 13.6. The van der Waals surface area contributed by atoms with Gasteiger partial charge in [0.05, 0.1) is 5.92 Å². The summed E-state index contributed by atoms with van der Waals surface area (Å²) in [6.45, 7) is 3.01. The van der Waals surface area contributed by atoms with E-state index in [-0.39, 0.29) is 18.6 Å². The Kier molecular flexibility index (Phi) is 4.96. The molecule has 1 aromatic rings. The first-order valence-electron chi connectivity index (χ1n) is 11.0. The van der Waals surface area contributed by atoms with E-state index in [0.717, 1.165) is 24.8 Å². The van der Waals surface area contributed by atoms with Crippen LogP contribution in [0.3, 0.4) is 0 Å². The van der Waals surface area contributed by atoms with Gasteiger partial charge in [-0.2, -0.15) is 0 Å².